The first kappa shape index (κ1) is 11.0. The maximum Gasteiger partial charge on any atom is 0.174 e. The molecular formula is C12H11BrO. The van der Waals surface area contributed by atoms with Crippen molar-refractivity contribution >= 4 is 21.7 Å². The normalized spacial score (nSPS) is 9.07. The van der Waals surface area contributed by atoms with Gasteiger partial charge in [-0.25, -0.2) is 0 Å². The zero-order valence-electron chi connectivity index (χ0n) is 8.23. The molecule has 0 bridgehead atoms. The highest BCUT2D eigenvalue weighted by Gasteiger charge is 2.07. The third-order valence-electron chi connectivity index (χ3n) is 1.91. The van der Waals surface area contributed by atoms with Crippen molar-refractivity contribution in [3.8, 4) is 11.8 Å². The standard InChI is InChI=1S/C12H11BrO/c1-3-4-5-12(14)11-7-6-10(13)8-9(11)2/h6-8H,5H2,1-2H3. The Bertz CT molecular complexity index is 410. The van der Waals surface area contributed by atoms with Crippen molar-refractivity contribution in [1.82, 2.24) is 0 Å². The molecule has 0 saturated heterocycles. The van der Waals surface area contributed by atoms with Crippen LogP contribution in [0, 0.1) is 18.8 Å². The second-order valence-corrected chi connectivity index (χ2v) is 3.90. The number of carbonyl (C=O) groups excluding carboxylic acids is 1. The molecule has 0 N–H and O–H groups in total. The van der Waals surface area contributed by atoms with Gasteiger partial charge in [0.05, 0.1) is 6.42 Å². The van der Waals surface area contributed by atoms with Crippen molar-refractivity contribution in [3.05, 3.63) is 33.8 Å². The molecule has 0 aliphatic carbocycles. The fourth-order valence-electron chi connectivity index (χ4n) is 1.20. The van der Waals surface area contributed by atoms with Gasteiger partial charge in [0, 0.05) is 10.0 Å². The van der Waals surface area contributed by atoms with Gasteiger partial charge in [-0.3, -0.25) is 4.79 Å². The summed E-state index contributed by atoms with van der Waals surface area (Å²) in [5, 5.41) is 0. The van der Waals surface area contributed by atoms with Crippen LogP contribution in [0.3, 0.4) is 0 Å². The predicted molar refractivity (Wildman–Crippen MR) is 61.3 cm³/mol. The number of halogens is 1. The second-order valence-electron chi connectivity index (χ2n) is 2.99. The molecular weight excluding hydrogens is 240 g/mol. The Labute approximate surface area is 92.6 Å². The molecule has 0 saturated carbocycles. The van der Waals surface area contributed by atoms with E-state index in [4.69, 9.17) is 0 Å². The molecule has 1 aromatic carbocycles. The average Bonchev–Trinajstić information content (AvgIpc) is 2.14. The second kappa shape index (κ2) is 4.97. The number of hydrogen-bond donors (Lipinski definition) is 0. The Hall–Kier alpha value is -1.07. The lowest BCUT2D eigenvalue weighted by atomic mass is 10.0. The van der Waals surface area contributed by atoms with Gasteiger partial charge in [-0.2, -0.15) is 0 Å². The van der Waals surface area contributed by atoms with Gasteiger partial charge >= 0.3 is 0 Å². The van der Waals surface area contributed by atoms with Crippen molar-refractivity contribution in [2.75, 3.05) is 0 Å². The lowest BCUT2D eigenvalue weighted by Gasteiger charge is -2.02. The molecule has 0 spiro atoms. The van der Waals surface area contributed by atoms with E-state index in [0.29, 0.717) is 6.42 Å². The molecule has 0 unspecified atom stereocenters. The van der Waals surface area contributed by atoms with Crippen LogP contribution in [0.5, 0.6) is 0 Å². The highest BCUT2D eigenvalue weighted by molar-refractivity contribution is 9.10. The van der Waals surface area contributed by atoms with Gasteiger partial charge in [-0.05, 0) is 37.6 Å². The number of benzene rings is 1. The van der Waals surface area contributed by atoms with Crippen LogP contribution in [0.15, 0.2) is 22.7 Å². The molecule has 0 radical (unpaired) electrons. The quantitative estimate of drug-likeness (QED) is 0.581. The summed E-state index contributed by atoms with van der Waals surface area (Å²) in [7, 11) is 0. The summed E-state index contributed by atoms with van der Waals surface area (Å²) in [5.41, 5.74) is 1.75. The molecule has 0 aliphatic rings. The lowest BCUT2D eigenvalue weighted by Crippen LogP contribution is -2.00. The molecule has 2 heteroatoms. The van der Waals surface area contributed by atoms with E-state index in [1.807, 2.05) is 25.1 Å². The molecule has 0 aliphatic heterocycles. The van der Waals surface area contributed by atoms with Crippen LogP contribution in [0.1, 0.15) is 29.3 Å². The van der Waals surface area contributed by atoms with Crippen molar-refractivity contribution in [2.45, 2.75) is 20.3 Å². The van der Waals surface area contributed by atoms with Crippen LogP contribution in [0.4, 0.5) is 0 Å². The van der Waals surface area contributed by atoms with Crippen LogP contribution >= 0.6 is 15.9 Å². The molecule has 0 fully saturated rings. The highest BCUT2D eigenvalue weighted by atomic mass is 79.9. The number of aryl methyl sites for hydroxylation is 1. The Morgan fingerprint density at radius 3 is 2.79 bits per heavy atom. The highest BCUT2D eigenvalue weighted by Crippen LogP contribution is 2.16. The summed E-state index contributed by atoms with van der Waals surface area (Å²) < 4.78 is 0.994. The summed E-state index contributed by atoms with van der Waals surface area (Å²) in [6.07, 6.45) is 0.305. The summed E-state index contributed by atoms with van der Waals surface area (Å²) in [6.45, 7) is 3.67. The smallest absolute Gasteiger partial charge is 0.174 e. The fourth-order valence-corrected chi connectivity index (χ4v) is 1.68. The minimum Gasteiger partial charge on any atom is -0.293 e. The Morgan fingerprint density at radius 1 is 1.50 bits per heavy atom. The van der Waals surface area contributed by atoms with E-state index in [-0.39, 0.29) is 5.78 Å². The van der Waals surface area contributed by atoms with Crippen LogP contribution < -0.4 is 0 Å². The van der Waals surface area contributed by atoms with E-state index in [1.54, 1.807) is 6.92 Å². The third kappa shape index (κ3) is 2.71. The molecule has 1 nitrogen and oxygen atoms in total. The molecule has 72 valence electrons. The Morgan fingerprint density at radius 2 is 2.21 bits per heavy atom. The van der Waals surface area contributed by atoms with E-state index >= 15 is 0 Å². The minimum atomic E-state index is 0.0874. The summed E-state index contributed by atoms with van der Waals surface area (Å²) >= 11 is 3.36. The average molecular weight is 251 g/mol. The molecule has 0 amide bonds. The summed E-state index contributed by atoms with van der Waals surface area (Å²) in [5.74, 6) is 5.58. The summed E-state index contributed by atoms with van der Waals surface area (Å²) in [6, 6.07) is 5.64. The number of ketones is 1. The lowest BCUT2D eigenvalue weighted by molar-refractivity contribution is 0.0997. The van der Waals surface area contributed by atoms with Crippen molar-refractivity contribution in [3.63, 3.8) is 0 Å². The largest absolute Gasteiger partial charge is 0.293 e. The zero-order chi connectivity index (χ0) is 10.6. The number of hydrogen-bond acceptors (Lipinski definition) is 1. The van der Waals surface area contributed by atoms with Crippen molar-refractivity contribution < 1.29 is 4.79 Å². The molecule has 0 aromatic heterocycles. The Balaban J connectivity index is 2.94. The van der Waals surface area contributed by atoms with Crippen molar-refractivity contribution in [1.29, 1.82) is 0 Å². The Kier molecular flexibility index (Phi) is 3.91. The number of carbonyl (C=O) groups is 1. The number of Topliss-reactive ketones (excluding diaryl/α,β-unsaturated/α-hetero) is 1. The zero-order valence-corrected chi connectivity index (χ0v) is 9.81. The maximum atomic E-state index is 11.6. The molecule has 0 heterocycles. The van der Waals surface area contributed by atoms with E-state index in [0.717, 1.165) is 15.6 Å². The van der Waals surface area contributed by atoms with E-state index in [2.05, 4.69) is 27.8 Å². The van der Waals surface area contributed by atoms with Gasteiger partial charge in [0.15, 0.2) is 5.78 Å². The molecule has 0 atom stereocenters. The van der Waals surface area contributed by atoms with Crippen LogP contribution in [0.2, 0.25) is 0 Å². The van der Waals surface area contributed by atoms with Crippen LogP contribution in [0.25, 0.3) is 0 Å². The van der Waals surface area contributed by atoms with Gasteiger partial charge in [0.2, 0.25) is 0 Å². The SMILES string of the molecule is CC#CCC(=O)c1ccc(Br)cc1C. The van der Waals surface area contributed by atoms with E-state index < -0.39 is 0 Å². The van der Waals surface area contributed by atoms with Crippen LogP contribution in [-0.2, 0) is 0 Å². The molecule has 1 rings (SSSR count). The third-order valence-corrected chi connectivity index (χ3v) is 2.41. The topological polar surface area (TPSA) is 17.1 Å². The first-order valence-electron chi connectivity index (χ1n) is 4.34. The van der Waals surface area contributed by atoms with Gasteiger partial charge in [-0.1, -0.05) is 21.9 Å². The van der Waals surface area contributed by atoms with E-state index in [9.17, 15) is 4.79 Å². The van der Waals surface area contributed by atoms with Gasteiger partial charge in [-0.15, -0.1) is 5.92 Å². The first-order chi connectivity index (χ1) is 6.65. The van der Waals surface area contributed by atoms with Gasteiger partial charge < -0.3 is 0 Å². The fraction of sp³-hybridized carbons (Fsp3) is 0.250. The van der Waals surface area contributed by atoms with Gasteiger partial charge in [0.25, 0.3) is 0 Å². The van der Waals surface area contributed by atoms with Crippen LogP contribution in [-0.4, -0.2) is 5.78 Å². The van der Waals surface area contributed by atoms with Crippen molar-refractivity contribution in [2.24, 2.45) is 0 Å². The molecule has 1 aromatic rings. The number of rotatable bonds is 2. The van der Waals surface area contributed by atoms with E-state index in [1.165, 1.54) is 0 Å². The minimum absolute atomic E-state index is 0.0874. The maximum absolute atomic E-state index is 11.6. The molecule has 14 heavy (non-hydrogen) atoms. The first-order valence-corrected chi connectivity index (χ1v) is 5.13. The monoisotopic (exact) mass is 250 g/mol. The predicted octanol–water partition coefficient (Wildman–Crippen LogP) is 3.35. The van der Waals surface area contributed by atoms with Gasteiger partial charge in [0.1, 0.15) is 0 Å². The summed E-state index contributed by atoms with van der Waals surface area (Å²) in [4.78, 5) is 11.6.